The summed E-state index contributed by atoms with van der Waals surface area (Å²) in [6, 6.07) is 25.9. The van der Waals surface area contributed by atoms with Crippen molar-refractivity contribution in [3.05, 3.63) is 90.0 Å². The quantitative estimate of drug-likeness (QED) is 0.648. The highest BCUT2D eigenvalue weighted by molar-refractivity contribution is 5.78. The second-order valence-electron chi connectivity index (χ2n) is 6.33. The van der Waals surface area contributed by atoms with Crippen LogP contribution in [0.15, 0.2) is 78.9 Å². The first-order chi connectivity index (χ1) is 12.6. The third kappa shape index (κ3) is 4.31. The molecular weight excluding hydrogens is 322 g/mol. The van der Waals surface area contributed by atoms with E-state index in [0.29, 0.717) is 6.54 Å². The van der Waals surface area contributed by atoms with Crippen molar-refractivity contribution >= 4 is 5.91 Å². The van der Waals surface area contributed by atoms with E-state index in [0.717, 1.165) is 22.4 Å². The zero-order chi connectivity index (χ0) is 18.4. The highest BCUT2D eigenvalue weighted by Gasteiger charge is 2.13. The van der Waals surface area contributed by atoms with Crippen molar-refractivity contribution in [2.75, 3.05) is 13.7 Å². The number of aryl methyl sites for hydroxylation is 1. The summed E-state index contributed by atoms with van der Waals surface area (Å²) < 4.78 is 5.85. The number of hydrogen-bond donors (Lipinski definition) is 0. The predicted octanol–water partition coefficient (Wildman–Crippen LogP) is 4.70. The molecule has 0 unspecified atom stereocenters. The molecule has 0 saturated heterocycles. The number of carbonyl (C=O) groups is 1. The molecule has 0 spiro atoms. The van der Waals surface area contributed by atoms with Crippen LogP contribution in [0.4, 0.5) is 0 Å². The number of amides is 1. The molecule has 0 N–H and O–H groups in total. The monoisotopic (exact) mass is 345 g/mol. The molecule has 0 atom stereocenters. The molecule has 0 radical (unpaired) electrons. The maximum atomic E-state index is 12.5. The smallest absolute Gasteiger partial charge is 0.260 e. The average molecular weight is 345 g/mol. The van der Waals surface area contributed by atoms with Gasteiger partial charge in [-0.3, -0.25) is 4.79 Å². The molecule has 0 aliphatic carbocycles. The zero-order valence-corrected chi connectivity index (χ0v) is 15.2. The fourth-order valence-corrected chi connectivity index (χ4v) is 2.83. The molecule has 0 heterocycles. The lowest BCUT2D eigenvalue weighted by molar-refractivity contribution is -0.132. The van der Waals surface area contributed by atoms with Gasteiger partial charge in [-0.25, -0.2) is 0 Å². The zero-order valence-electron chi connectivity index (χ0n) is 15.2. The molecule has 0 aliphatic heterocycles. The maximum Gasteiger partial charge on any atom is 0.260 e. The number of hydrogen-bond acceptors (Lipinski definition) is 2. The lowest BCUT2D eigenvalue weighted by Gasteiger charge is -2.19. The van der Waals surface area contributed by atoms with Gasteiger partial charge in [-0.1, -0.05) is 72.8 Å². The molecule has 3 aromatic carbocycles. The highest BCUT2D eigenvalue weighted by atomic mass is 16.5. The Morgan fingerprint density at radius 3 is 2.31 bits per heavy atom. The van der Waals surface area contributed by atoms with E-state index in [1.54, 1.807) is 11.9 Å². The van der Waals surface area contributed by atoms with Crippen LogP contribution in [0, 0.1) is 6.92 Å². The van der Waals surface area contributed by atoms with Gasteiger partial charge in [-0.2, -0.15) is 0 Å². The van der Waals surface area contributed by atoms with Gasteiger partial charge in [0.25, 0.3) is 5.91 Å². The number of para-hydroxylation sites is 1. The van der Waals surface area contributed by atoms with Crippen molar-refractivity contribution in [1.82, 2.24) is 4.90 Å². The van der Waals surface area contributed by atoms with Crippen LogP contribution in [-0.4, -0.2) is 24.5 Å². The molecule has 3 rings (SSSR count). The van der Waals surface area contributed by atoms with Crippen LogP contribution in [0.2, 0.25) is 0 Å². The average Bonchev–Trinajstić information content (AvgIpc) is 2.68. The molecule has 3 nitrogen and oxygen atoms in total. The van der Waals surface area contributed by atoms with Gasteiger partial charge >= 0.3 is 0 Å². The maximum absolute atomic E-state index is 12.5. The Morgan fingerprint density at radius 2 is 1.54 bits per heavy atom. The van der Waals surface area contributed by atoms with Crippen LogP contribution in [0.25, 0.3) is 11.1 Å². The molecule has 26 heavy (non-hydrogen) atoms. The number of carbonyl (C=O) groups excluding carboxylic acids is 1. The van der Waals surface area contributed by atoms with Crippen molar-refractivity contribution in [1.29, 1.82) is 0 Å². The molecule has 3 heteroatoms. The van der Waals surface area contributed by atoms with Crippen LogP contribution in [-0.2, 0) is 11.3 Å². The lowest BCUT2D eigenvalue weighted by Crippen LogP contribution is -2.31. The number of nitrogens with zero attached hydrogens (tertiary/aromatic N) is 1. The van der Waals surface area contributed by atoms with Crippen molar-refractivity contribution in [2.45, 2.75) is 13.5 Å². The second kappa shape index (κ2) is 8.34. The van der Waals surface area contributed by atoms with Gasteiger partial charge in [0, 0.05) is 19.2 Å². The van der Waals surface area contributed by atoms with Crippen LogP contribution in [0.3, 0.4) is 0 Å². The Morgan fingerprint density at radius 1 is 0.885 bits per heavy atom. The molecular formula is C23H23NO2. The van der Waals surface area contributed by atoms with Gasteiger partial charge < -0.3 is 9.64 Å². The summed E-state index contributed by atoms with van der Waals surface area (Å²) in [5, 5.41) is 0. The van der Waals surface area contributed by atoms with Crippen molar-refractivity contribution in [3.63, 3.8) is 0 Å². The first-order valence-corrected chi connectivity index (χ1v) is 8.71. The molecule has 0 aliphatic rings. The van der Waals surface area contributed by atoms with Gasteiger partial charge in [-0.05, 0) is 29.7 Å². The number of ether oxygens (including phenoxy) is 1. The van der Waals surface area contributed by atoms with Gasteiger partial charge in [-0.15, -0.1) is 0 Å². The Bertz CT molecular complexity index is 874. The topological polar surface area (TPSA) is 29.5 Å². The lowest BCUT2D eigenvalue weighted by atomic mass is 10.1. The highest BCUT2D eigenvalue weighted by Crippen LogP contribution is 2.29. The van der Waals surface area contributed by atoms with E-state index < -0.39 is 0 Å². The largest absolute Gasteiger partial charge is 0.483 e. The van der Waals surface area contributed by atoms with E-state index in [-0.39, 0.29) is 12.5 Å². The van der Waals surface area contributed by atoms with E-state index in [9.17, 15) is 4.79 Å². The normalized spacial score (nSPS) is 10.4. The van der Waals surface area contributed by atoms with Crippen LogP contribution in [0.5, 0.6) is 5.75 Å². The van der Waals surface area contributed by atoms with Crippen molar-refractivity contribution in [2.24, 2.45) is 0 Å². The number of rotatable bonds is 6. The molecule has 1 amide bonds. The molecule has 132 valence electrons. The fourth-order valence-electron chi connectivity index (χ4n) is 2.83. The minimum atomic E-state index is -0.0453. The molecule has 0 bridgehead atoms. The molecule has 0 fully saturated rings. The fraction of sp³-hybridized carbons (Fsp3) is 0.174. The summed E-state index contributed by atoms with van der Waals surface area (Å²) in [5.74, 6) is 0.674. The van der Waals surface area contributed by atoms with E-state index in [1.165, 1.54) is 5.56 Å². The Kier molecular flexibility index (Phi) is 5.69. The van der Waals surface area contributed by atoms with Crippen LogP contribution >= 0.6 is 0 Å². The molecule has 0 saturated carbocycles. The van der Waals surface area contributed by atoms with Crippen LogP contribution < -0.4 is 4.74 Å². The van der Waals surface area contributed by atoms with E-state index >= 15 is 0 Å². The van der Waals surface area contributed by atoms with Gasteiger partial charge in [0.15, 0.2) is 6.61 Å². The summed E-state index contributed by atoms with van der Waals surface area (Å²) in [6.07, 6.45) is 0. The van der Waals surface area contributed by atoms with Crippen molar-refractivity contribution < 1.29 is 9.53 Å². The number of likely N-dealkylation sites (N-methyl/N-ethyl adjacent to an activating group) is 1. The van der Waals surface area contributed by atoms with E-state index in [1.807, 2.05) is 72.8 Å². The van der Waals surface area contributed by atoms with E-state index in [2.05, 4.69) is 13.0 Å². The SMILES string of the molecule is Cc1ccccc1CN(C)C(=O)COc1ccccc1-c1ccccc1. The minimum Gasteiger partial charge on any atom is -0.483 e. The van der Waals surface area contributed by atoms with Gasteiger partial charge in [0.1, 0.15) is 5.75 Å². The summed E-state index contributed by atoms with van der Waals surface area (Å²) in [4.78, 5) is 14.2. The van der Waals surface area contributed by atoms with Gasteiger partial charge in [0.2, 0.25) is 0 Å². The summed E-state index contributed by atoms with van der Waals surface area (Å²) in [7, 11) is 1.81. The van der Waals surface area contributed by atoms with Gasteiger partial charge in [0.05, 0.1) is 0 Å². The number of benzene rings is 3. The standard InChI is InChI=1S/C23H23NO2/c1-18-10-6-7-13-20(18)16-24(2)23(25)17-26-22-15-9-8-14-21(22)19-11-4-3-5-12-19/h3-15H,16-17H2,1-2H3. The first-order valence-electron chi connectivity index (χ1n) is 8.71. The van der Waals surface area contributed by atoms with E-state index in [4.69, 9.17) is 4.74 Å². The summed E-state index contributed by atoms with van der Waals surface area (Å²) in [5.41, 5.74) is 4.39. The minimum absolute atomic E-state index is 0.0201. The van der Waals surface area contributed by atoms with Crippen molar-refractivity contribution in [3.8, 4) is 16.9 Å². The Labute approximate surface area is 154 Å². The third-order valence-corrected chi connectivity index (χ3v) is 4.42. The molecule has 0 aromatic heterocycles. The predicted molar refractivity (Wildman–Crippen MR) is 105 cm³/mol. The molecule has 3 aromatic rings. The summed E-state index contributed by atoms with van der Waals surface area (Å²) >= 11 is 0. The summed E-state index contributed by atoms with van der Waals surface area (Å²) in [6.45, 7) is 2.65. The Hall–Kier alpha value is -3.07. The first kappa shape index (κ1) is 17.7. The Balaban J connectivity index is 1.66. The van der Waals surface area contributed by atoms with Crippen LogP contribution in [0.1, 0.15) is 11.1 Å². The third-order valence-electron chi connectivity index (χ3n) is 4.42. The second-order valence-corrected chi connectivity index (χ2v) is 6.33.